The summed E-state index contributed by atoms with van der Waals surface area (Å²) in [4.78, 5) is 30.8. The van der Waals surface area contributed by atoms with Gasteiger partial charge in [-0.25, -0.2) is 0 Å². The van der Waals surface area contributed by atoms with Crippen LogP contribution in [0.15, 0.2) is 47.6 Å². The third-order valence-electron chi connectivity index (χ3n) is 3.69. The summed E-state index contributed by atoms with van der Waals surface area (Å²) >= 11 is 0. The van der Waals surface area contributed by atoms with Crippen LogP contribution in [-0.2, 0) is 9.59 Å². The van der Waals surface area contributed by atoms with Crippen LogP contribution >= 0.6 is 0 Å². The number of hydrogen-bond donors (Lipinski definition) is 2. The second-order valence-corrected chi connectivity index (χ2v) is 5.55. The number of carbonyl (C=O) groups is 2. The fourth-order valence-corrected chi connectivity index (χ4v) is 2.31. The lowest BCUT2D eigenvalue weighted by molar-refractivity contribution is -0.125. The van der Waals surface area contributed by atoms with Crippen molar-refractivity contribution >= 4 is 23.0 Å². The molecule has 0 aromatic rings. The number of nitrogens with zero attached hydrogens (tertiary/aromatic N) is 4. The maximum absolute atomic E-state index is 12.4. The predicted octanol–water partition coefficient (Wildman–Crippen LogP) is 0.243. The fourth-order valence-electron chi connectivity index (χ4n) is 2.31. The number of carbonyl (C=O) groups excluding carboxylic acids is 2. The Kier molecular flexibility index (Phi) is 5.08. The van der Waals surface area contributed by atoms with Gasteiger partial charge in [-0.3, -0.25) is 9.59 Å². The monoisotopic (exact) mass is 324 g/mol. The molecule has 0 radical (unpaired) electrons. The van der Waals surface area contributed by atoms with Gasteiger partial charge in [-0.15, -0.1) is 0 Å². The summed E-state index contributed by atoms with van der Waals surface area (Å²) in [6, 6.07) is 0. The zero-order valence-electron chi connectivity index (χ0n) is 12.8. The summed E-state index contributed by atoms with van der Waals surface area (Å²) in [5.41, 5.74) is 28.6. The van der Waals surface area contributed by atoms with Crippen LogP contribution in [0.25, 0.3) is 11.1 Å². The molecule has 0 bridgehead atoms. The Balaban J connectivity index is 2.08. The van der Waals surface area contributed by atoms with Crippen LogP contribution in [-0.4, -0.2) is 38.2 Å². The molecule has 0 saturated heterocycles. The molecule has 24 heavy (non-hydrogen) atoms. The van der Waals surface area contributed by atoms with Gasteiger partial charge in [0.2, 0.25) is 0 Å². The van der Waals surface area contributed by atoms with E-state index >= 15 is 0 Å². The van der Waals surface area contributed by atoms with Gasteiger partial charge in [0.25, 0.3) is 11.4 Å². The third-order valence-corrected chi connectivity index (χ3v) is 3.69. The minimum atomic E-state index is -1.85. The van der Waals surface area contributed by atoms with Gasteiger partial charge in [-0.05, 0) is 12.2 Å². The minimum Gasteiger partial charge on any atom is -0.361 e. The lowest BCUT2D eigenvalue weighted by atomic mass is 9.88. The molecule has 0 aromatic carbocycles. The van der Waals surface area contributed by atoms with Crippen molar-refractivity contribution in [2.24, 2.45) is 11.5 Å². The van der Waals surface area contributed by atoms with E-state index in [-0.39, 0.29) is 24.2 Å². The molecule has 0 aromatic heterocycles. The summed E-state index contributed by atoms with van der Waals surface area (Å²) in [6.07, 6.45) is 9.27. The highest BCUT2D eigenvalue weighted by molar-refractivity contribution is 6.11. The Morgan fingerprint density at radius 3 is 1.88 bits per heavy atom. The Bertz CT molecular complexity index is 816. The van der Waals surface area contributed by atoms with E-state index in [1.165, 1.54) is 24.3 Å². The van der Waals surface area contributed by atoms with Gasteiger partial charge in [0.05, 0.1) is 12.8 Å². The van der Waals surface area contributed by atoms with Gasteiger partial charge in [0, 0.05) is 29.7 Å². The molecule has 0 fully saturated rings. The summed E-state index contributed by atoms with van der Waals surface area (Å²) in [5.74, 6) is -0.943. The second kappa shape index (κ2) is 7.04. The molecule has 0 spiro atoms. The van der Waals surface area contributed by atoms with E-state index in [4.69, 9.17) is 22.5 Å². The first kappa shape index (κ1) is 17.3. The fraction of sp³-hybridized carbons (Fsp3) is 0.250. The first-order valence-electron chi connectivity index (χ1n) is 7.21. The van der Waals surface area contributed by atoms with Gasteiger partial charge >= 0.3 is 0 Å². The van der Waals surface area contributed by atoms with Crippen molar-refractivity contribution in [1.29, 1.82) is 0 Å². The smallest absolute Gasteiger partial charge is 0.295 e. The molecular formula is C16H16N6O2. The maximum Gasteiger partial charge on any atom is 0.295 e. The summed E-state index contributed by atoms with van der Waals surface area (Å²) in [6.45, 7) is 0. The molecular weight excluding hydrogens is 308 g/mol. The molecule has 0 heterocycles. The standard InChI is InChI=1S/C16H16N6O2/c17-16(18,15(24)11-3-7-13(22-20)8-4-11)9-14(23)10-1-5-12(21-19)6-2-10/h1-5,7H,6,8-9,17-18H2. The van der Waals surface area contributed by atoms with Gasteiger partial charge in [0.1, 0.15) is 5.66 Å². The van der Waals surface area contributed by atoms with E-state index in [0.29, 0.717) is 23.4 Å². The Hall–Kier alpha value is -3.02. The maximum atomic E-state index is 12.4. The van der Waals surface area contributed by atoms with Gasteiger partial charge in [0.15, 0.2) is 11.6 Å². The first-order valence-corrected chi connectivity index (χ1v) is 7.21. The summed E-state index contributed by atoms with van der Waals surface area (Å²) in [5, 5.41) is 0. The van der Waals surface area contributed by atoms with Crippen molar-refractivity contribution in [1.82, 2.24) is 0 Å². The van der Waals surface area contributed by atoms with Crippen LogP contribution < -0.4 is 11.5 Å². The zero-order valence-corrected chi connectivity index (χ0v) is 12.8. The van der Waals surface area contributed by atoms with E-state index in [9.17, 15) is 9.59 Å². The van der Waals surface area contributed by atoms with Crippen LogP contribution in [0.2, 0.25) is 0 Å². The molecule has 0 unspecified atom stereocenters. The molecule has 2 aliphatic carbocycles. The highest BCUT2D eigenvalue weighted by Gasteiger charge is 2.35. The summed E-state index contributed by atoms with van der Waals surface area (Å²) in [7, 11) is 0. The average Bonchev–Trinajstić information content (AvgIpc) is 2.60. The molecule has 4 N–H and O–H groups in total. The van der Waals surface area contributed by atoms with Crippen molar-refractivity contribution in [2.45, 2.75) is 24.9 Å². The zero-order chi connectivity index (χ0) is 17.7. The van der Waals surface area contributed by atoms with Crippen molar-refractivity contribution in [3.63, 3.8) is 0 Å². The average molecular weight is 324 g/mol. The SMILES string of the molecule is [N-]=[N+]=C1C=CC(C(=O)CC(N)(N)C(=O)C2=CCC(=[N+]=[N-])C=C2)=CC1. The number of hydrogen-bond acceptors (Lipinski definition) is 4. The normalized spacial score (nSPS) is 16.9. The molecule has 0 atom stereocenters. The van der Waals surface area contributed by atoms with Crippen molar-refractivity contribution < 1.29 is 19.2 Å². The molecule has 0 amide bonds. The Morgan fingerprint density at radius 2 is 1.46 bits per heavy atom. The first-order chi connectivity index (χ1) is 11.4. The number of rotatable bonds is 5. The molecule has 122 valence electrons. The predicted molar refractivity (Wildman–Crippen MR) is 86.7 cm³/mol. The Morgan fingerprint density at radius 1 is 0.958 bits per heavy atom. The van der Waals surface area contributed by atoms with E-state index in [0.717, 1.165) is 0 Å². The van der Waals surface area contributed by atoms with E-state index in [1.54, 1.807) is 12.2 Å². The van der Waals surface area contributed by atoms with Crippen molar-refractivity contribution in [2.75, 3.05) is 0 Å². The molecule has 2 aliphatic rings. The molecule has 2 rings (SSSR count). The minimum absolute atomic E-state index is 0.267. The summed E-state index contributed by atoms with van der Waals surface area (Å²) < 4.78 is 0. The molecule has 8 heteroatoms. The number of ketones is 2. The Labute approximate surface area is 138 Å². The quantitative estimate of drug-likeness (QED) is 0.421. The van der Waals surface area contributed by atoms with E-state index in [1.807, 2.05) is 0 Å². The topological polar surface area (TPSA) is 159 Å². The van der Waals surface area contributed by atoms with Crippen molar-refractivity contribution in [3.05, 3.63) is 58.7 Å². The number of nitrogens with two attached hydrogens (primary N) is 2. The van der Waals surface area contributed by atoms with Crippen LogP contribution in [0.4, 0.5) is 0 Å². The lowest BCUT2D eigenvalue weighted by Gasteiger charge is -2.23. The van der Waals surface area contributed by atoms with Gasteiger partial charge < -0.3 is 22.5 Å². The number of allylic oxidation sites excluding steroid dienone is 7. The van der Waals surface area contributed by atoms with Crippen molar-refractivity contribution in [3.8, 4) is 0 Å². The second-order valence-electron chi connectivity index (χ2n) is 5.55. The third kappa shape index (κ3) is 3.84. The highest BCUT2D eigenvalue weighted by atomic mass is 16.1. The van der Waals surface area contributed by atoms with Gasteiger partial charge in [-0.2, -0.15) is 9.58 Å². The van der Waals surface area contributed by atoms with Crippen LogP contribution in [0.1, 0.15) is 19.3 Å². The van der Waals surface area contributed by atoms with Gasteiger partial charge in [-0.1, -0.05) is 12.2 Å². The van der Waals surface area contributed by atoms with Crippen LogP contribution in [0.5, 0.6) is 0 Å². The molecule has 0 aliphatic heterocycles. The van der Waals surface area contributed by atoms with E-state index in [2.05, 4.69) is 9.58 Å². The molecule has 8 nitrogen and oxygen atoms in total. The largest absolute Gasteiger partial charge is 0.361 e. The van der Waals surface area contributed by atoms with E-state index < -0.39 is 11.4 Å². The molecule has 0 saturated carbocycles. The number of Topliss-reactive ketones (excluding diaryl/α,β-unsaturated/α-hetero) is 2. The highest BCUT2D eigenvalue weighted by Crippen LogP contribution is 2.18. The lowest BCUT2D eigenvalue weighted by Crippen LogP contribution is -2.58. The van der Waals surface area contributed by atoms with Crippen LogP contribution in [0.3, 0.4) is 0 Å². The van der Waals surface area contributed by atoms with Crippen LogP contribution in [0, 0.1) is 0 Å².